The molecule has 184 valence electrons. The van der Waals surface area contributed by atoms with E-state index in [-0.39, 0.29) is 47.7 Å². The molecule has 9 heteroatoms. The molecule has 1 aliphatic rings. The quantitative estimate of drug-likeness (QED) is 0.458. The highest BCUT2D eigenvalue weighted by Crippen LogP contribution is 2.30. The highest BCUT2D eigenvalue weighted by atomic mass is 32.2. The summed E-state index contributed by atoms with van der Waals surface area (Å²) >= 11 is 0.884. The summed E-state index contributed by atoms with van der Waals surface area (Å²) in [6, 6.07) is 18.8. The predicted octanol–water partition coefficient (Wildman–Crippen LogP) is 4.50. The Morgan fingerprint density at radius 2 is 1.67 bits per heavy atom. The molecule has 36 heavy (non-hydrogen) atoms. The summed E-state index contributed by atoms with van der Waals surface area (Å²) in [6.07, 6.45) is 5.57. The summed E-state index contributed by atoms with van der Waals surface area (Å²) in [7, 11) is 1.75. The highest BCUT2D eigenvalue weighted by Gasteiger charge is 2.34. The number of hydrogen-bond acceptors (Lipinski definition) is 5. The first-order valence-corrected chi connectivity index (χ1v) is 12.3. The monoisotopic (exact) mass is 502 g/mol. The van der Waals surface area contributed by atoms with Crippen LogP contribution in [0.1, 0.15) is 24.1 Å². The van der Waals surface area contributed by atoms with Crippen molar-refractivity contribution in [1.29, 1.82) is 0 Å². The molecule has 3 aromatic rings. The van der Waals surface area contributed by atoms with Gasteiger partial charge in [-0.05, 0) is 48.9 Å². The number of aromatic nitrogens is 2. The molecule has 2 heterocycles. The van der Waals surface area contributed by atoms with Crippen molar-refractivity contribution in [2.24, 2.45) is 7.05 Å². The molecule has 0 spiro atoms. The van der Waals surface area contributed by atoms with Crippen molar-refractivity contribution in [3.63, 3.8) is 0 Å². The lowest BCUT2D eigenvalue weighted by Crippen LogP contribution is -2.30. The SMILES string of the molecule is Cc1c(NC(=O)CCCN2C(=O)SC(=CC=Cc3ccccc3)C2=O)c(=O)n(-c2ccccc2)n1C. The van der Waals surface area contributed by atoms with Gasteiger partial charge in [0.15, 0.2) is 0 Å². The summed E-state index contributed by atoms with van der Waals surface area (Å²) in [5.74, 6) is -0.720. The van der Waals surface area contributed by atoms with Crippen LogP contribution in [0.25, 0.3) is 11.8 Å². The average Bonchev–Trinajstić information content (AvgIpc) is 3.26. The number of carbonyl (C=O) groups is 3. The molecule has 1 N–H and O–H groups in total. The van der Waals surface area contributed by atoms with Gasteiger partial charge in [0, 0.05) is 20.0 Å². The first-order valence-electron chi connectivity index (χ1n) is 11.5. The molecule has 0 unspecified atom stereocenters. The zero-order valence-electron chi connectivity index (χ0n) is 20.0. The van der Waals surface area contributed by atoms with Gasteiger partial charge in [-0.15, -0.1) is 0 Å². The third kappa shape index (κ3) is 5.41. The Morgan fingerprint density at radius 1 is 1.00 bits per heavy atom. The number of nitrogens with one attached hydrogen (secondary N) is 1. The number of thioether (sulfide) groups is 1. The summed E-state index contributed by atoms with van der Waals surface area (Å²) < 4.78 is 3.18. The number of anilines is 1. The van der Waals surface area contributed by atoms with Gasteiger partial charge in [0.25, 0.3) is 16.7 Å². The maximum absolute atomic E-state index is 12.9. The molecule has 0 aliphatic carbocycles. The molecule has 1 fully saturated rings. The van der Waals surface area contributed by atoms with Crippen LogP contribution in [0.2, 0.25) is 0 Å². The lowest BCUT2D eigenvalue weighted by molar-refractivity contribution is -0.123. The Labute approximate surface area is 212 Å². The van der Waals surface area contributed by atoms with Crippen LogP contribution in [0.5, 0.6) is 0 Å². The van der Waals surface area contributed by atoms with Crippen LogP contribution in [0.3, 0.4) is 0 Å². The molecule has 4 rings (SSSR count). The van der Waals surface area contributed by atoms with Crippen LogP contribution in [0, 0.1) is 6.92 Å². The van der Waals surface area contributed by atoms with E-state index in [1.807, 2.05) is 66.7 Å². The molecule has 0 saturated carbocycles. The zero-order chi connectivity index (χ0) is 25.7. The van der Waals surface area contributed by atoms with E-state index in [1.54, 1.807) is 30.8 Å². The Kier molecular flexibility index (Phi) is 7.70. The highest BCUT2D eigenvalue weighted by molar-refractivity contribution is 8.18. The number of amides is 3. The minimum atomic E-state index is -0.368. The van der Waals surface area contributed by atoms with Gasteiger partial charge < -0.3 is 5.32 Å². The van der Waals surface area contributed by atoms with Gasteiger partial charge in [-0.3, -0.25) is 28.8 Å². The van der Waals surface area contributed by atoms with Crippen molar-refractivity contribution >= 4 is 40.6 Å². The minimum absolute atomic E-state index is 0.0633. The van der Waals surface area contributed by atoms with E-state index in [0.29, 0.717) is 16.3 Å². The Hall–Kier alpha value is -4.11. The van der Waals surface area contributed by atoms with Crippen molar-refractivity contribution in [2.75, 3.05) is 11.9 Å². The Bertz CT molecular complexity index is 1400. The fourth-order valence-corrected chi connectivity index (χ4v) is 4.65. The second-order valence-electron chi connectivity index (χ2n) is 8.21. The van der Waals surface area contributed by atoms with Crippen LogP contribution >= 0.6 is 11.8 Å². The molecule has 2 aromatic carbocycles. The molecule has 8 nitrogen and oxygen atoms in total. The third-order valence-corrected chi connectivity index (χ3v) is 6.74. The standard InChI is InChI=1S/C27H26N4O4S/c1-19-24(26(34)31(29(19)2)21-14-7-4-8-15-21)28-23(32)17-10-18-30-25(33)22(36-27(30)35)16-9-13-20-11-5-3-6-12-20/h3-9,11-16H,10,17-18H2,1-2H3,(H,28,32). The van der Waals surface area contributed by atoms with Crippen LogP contribution in [0.15, 0.2) is 82.5 Å². The minimum Gasteiger partial charge on any atom is -0.320 e. The number of nitrogens with zero attached hydrogens (tertiary/aromatic N) is 3. The molecule has 3 amide bonds. The number of imide groups is 1. The average molecular weight is 503 g/mol. The number of benzene rings is 2. The normalized spacial score (nSPS) is 14.8. The number of rotatable bonds is 8. The van der Waals surface area contributed by atoms with E-state index >= 15 is 0 Å². The van der Waals surface area contributed by atoms with Gasteiger partial charge in [-0.25, -0.2) is 4.68 Å². The first-order chi connectivity index (χ1) is 17.4. The molecule has 1 saturated heterocycles. The maximum Gasteiger partial charge on any atom is 0.295 e. The van der Waals surface area contributed by atoms with Crippen LogP contribution < -0.4 is 10.9 Å². The van der Waals surface area contributed by atoms with Crippen molar-refractivity contribution in [2.45, 2.75) is 19.8 Å². The zero-order valence-corrected chi connectivity index (χ0v) is 20.8. The summed E-state index contributed by atoms with van der Waals surface area (Å²) in [5, 5.41) is 2.35. The molecular weight excluding hydrogens is 476 g/mol. The largest absolute Gasteiger partial charge is 0.320 e. The van der Waals surface area contributed by atoms with Gasteiger partial charge in [0.1, 0.15) is 5.69 Å². The predicted molar refractivity (Wildman–Crippen MR) is 142 cm³/mol. The van der Waals surface area contributed by atoms with E-state index in [0.717, 1.165) is 22.2 Å². The second-order valence-corrected chi connectivity index (χ2v) is 9.21. The summed E-state index contributed by atoms with van der Waals surface area (Å²) in [6.45, 7) is 1.88. The van der Waals surface area contributed by atoms with E-state index in [4.69, 9.17) is 0 Å². The van der Waals surface area contributed by atoms with Gasteiger partial charge >= 0.3 is 0 Å². The fraction of sp³-hybridized carbons (Fsp3) is 0.185. The Morgan fingerprint density at radius 3 is 2.36 bits per heavy atom. The topological polar surface area (TPSA) is 93.4 Å². The van der Waals surface area contributed by atoms with Gasteiger partial charge in [0.05, 0.1) is 16.3 Å². The van der Waals surface area contributed by atoms with Crippen molar-refractivity contribution < 1.29 is 14.4 Å². The van der Waals surface area contributed by atoms with Crippen molar-refractivity contribution in [3.8, 4) is 5.69 Å². The van der Waals surface area contributed by atoms with Crippen LogP contribution in [-0.2, 0) is 16.6 Å². The lowest BCUT2D eigenvalue weighted by atomic mass is 10.2. The third-order valence-electron chi connectivity index (χ3n) is 5.81. The second kappa shape index (κ2) is 11.1. The molecule has 0 atom stereocenters. The van der Waals surface area contributed by atoms with Crippen LogP contribution in [-0.4, -0.2) is 37.9 Å². The molecular formula is C27H26N4O4S. The Balaban J connectivity index is 1.34. The smallest absolute Gasteiger partial charge is 0.295 e. The molecule has 1 aliphatic heterocycles. The van der Waals surface area contributed by atoms with E-state index < -0.39 is 0 Å². The van der Waals surface area contributed by atoms with Crippen molar-refractivity contribution in [1.82, 2.24) is 14.3 Å². The van der Waals surface area contributed by atoms with Crippen molar-refractivity contribution in [3.05, 3.63) is 99.3 Å². The lowest BCUT2D eigenvalue weighted by Gasteiger charge is -2.11. The maximum atomic E-state index is 12.9. The van der Waals surface area contributed by atoms with Crippen LogP contribution in [0.4, 0.5) is 10.5 Å². The van der Waals surface area contributed by atoms with Gasteiger partial charge in [-0.1, -0.05) is 60.7 Å². The first kappa shape index (κ1) is 25.0. The number of para-hydroxylation sites is 1. The molecule has 0 radical (unpaired) electrons. The number of hydrogen-bond donors (Lipinski definition) is 1. The van der Waals surface area contributed by atoms with Gasteiger partial charge in [-0.2, -0.15) is 0 Å². The molecule has 0 bridgehead atoms. The summed E-state index contributed by atoms with van der Waals surface area (Å²) in [5.41, 5.74) is 2.19. The number of carbonyl (C=O) groups excluding carboxylic acids is 3. The van der Waals surface area contributed by atoms with E-state index in [1.165, 1.54) is 4.68 Å². The van der Waals surface area contributed by atoms with E-state index in [9.17, 15) is 19.2 Å². The summed E-state index contributed by atoms with van der Waals surface area (Å²) in [4.78, 5) is 51.9. The van der Waals surface area contributed by atoms with E-state index in [2.05, 4.69) is 5.32 Å². The fourth-order valence-electron chi connectivity index (χ4n) is 3.83. The van der Waals surface area contributed by atoms with Gasteiger partial charge in [0.2, 0.25) is 5.91 Å². The number of allylic oxidation sites excluding steroid dienone is 2. The molecule has 1 aromatic heterocycles.